The average Bonchev–Trinajstić information content (AvgIpc) is 2.72. The lowest BCUT2D eigenvalue weighted by Crippen LogP contribution is -1.87. The first-order valence-electron chi connectivity index (χ1n) is 4.96. The van der Waals surface area contributed by atoms with Crippen LogP contribution in [0.3, 0.4) is 0 Å². The minimum atomic E-state index is -0.102. The van der Waals surface area contributed by atoms with Crippen LogP contribution in [0.25, 0.3) is 0 Å². The maximum absolute atomic E-state index is 5.95. The van der Waals surface area contributed by atoms with Crippen molar-refractivity contribution in [3.8, 4) is 0 Å². The Morgan fingerprint density at radius 3 is 2.59 bits per heavy atom. The van der Waals surface area contributed by atoms with Gasteiger partial charge in [0.05, 0.1) is 15.4 Å². The van der Waals surface area contributed by atoms with Crippen LogP contribution in [-0.4, -0.2) is 10.2 Å². The largest absolute Gasteiger partial charge is 0.143 e. The van der Waals surface area contributed by atoms with E-state index in [1.54, 1.807) is 6.07 Å². The lowest BCUT2D eigenvalue weighted by atomic mass is 10.2. The van der Waals surface area contributed by atoms with Crippen LogP contribution < -0.4 is 0 Å². The summed E-state index contributed by atoms with van der Waals surface area (Å²) in [5, 5.41) is 10.9. The molecule has 90 valence electrons. The van der Waals surface area contributed by atoms with E-state index in [0.29, 0.717) is 16.5 Å². The molecule has 0 fully saturated rings. The maximum Gasteiger partial charge on any atom is 0.135 e. The van der Waals surface area contributed by atoms with Gasteiger partial charge in [-0.2, -0.15) is 0 Å². The Morgan fingerprint density at radius 1 is 1.24 bits per heavy atom. The number of hydrogen-bond acceptors (Lipinski definition) is 3. The Labute approximate surface area is 119 Å². The number of aromatic nitrogens is 2. The zero-order chi connectivity index (χ0) is 12.4. The van der Waals surface area contributed by atoms with Crippen LogP contribution in [0.1, 0.15) is 27.9 Å². The van der Waals surface area contributed by atoms with Gasteiger partial charge in [0.25, 0.3) is 0 Å². The van der Waals surface area contributed by atoms with Crippen molar-refractivity contribution in [2.45, 2.75) is 18.7 Å². The molecule has 1 heterocycles. The first-order valence-corrected chi connectivity index (χ1v) is 6.97. The van der Waals surface area contributed by atoms with E-state index in [-0.39, 0.29) is 5.38 Å². The van der Waals surface area contributed by atoms with Crippen LogP contribution in [-0.2, 0) is 6.42 Å². The fourth-order valence-corrected chi connectivity index (χ4v) is 2.63. The van der Waals surface area contributed by atoms with Gasteiger partial charge in [-0.3, -0.25) is 0 Å². The molecule has 0 aliphatic carbocycles. The summed E-state index contributed by atoms with van der Waals surface area (Å²) in [4.78, 5) is 0. The zero-order valence-electron chi connectivity index (χ0n) is 8.95. The summed E-state index contributed by atoms with van der Waals surface area (Å²) in [6, 6.07) is 5.56. The molecule has 1 unspecified atom stereocenters. The van der Waals surface area contributed by atoms with Crippen molar-refractivity contribution in [1.29, 1.82) is 0 Å². The summed E-state index contributed by atoms with van der Waals surface area (Å²) in [5.74, 6) is 0. The highest BCUT2D eigenvalue weighted by molar-refractivity contribution is 7.11. The van der Waals surface area contributed by atoms with Crippen molar-refractivity contribution in [2.24, 2.45) is 0 Å². The highest BCUT2D eigenvalue weighted by Crippen LogP contribution is 2.26. The normalized spacial score (nSPS) is 12.7. The van der Waals surface area contributed by atoms with E-state index in [4.69, 9.17) is 34.8 Å². The maximum atomic E-state index is 5.95. The molecule has 0 saturated heterocycles. The van der Waals surface area contributed by atoms with E-state index >= 15 is 0 Å². The predicted molar refractivity (Wildman–Crippen MR) is 73.4 cm³/mol. The summed E-state index contributed by atoms with van der Waals surface area (Å²) in [7, 11) is 0. The van der Waals surface area contributed by atoms with Crippen LogP contribution in [0.2, 0.25) is 10.0 Å². The Kier molecular flexibility index (Phi) is 4.26. The molecule has 0 bridgehead atoms. The molecule has 1 aromatic heterocycles. The number of nitrogens with zero attached hydrogens (tertiary/aromatic N) is 2. The van der Waals surface area contributed by atoms with Crippen molar-refractivity contribution in [1.82, 2.24) is 10.2 Å². The number of halogens is 3. The molecule has 6 heteroatoms. The highest BCUT2D eigenvalue weighted by atomic mass is 35.5. The van der Waals surface area contributed by atoms with Gasteiger partial charge in [-0.05, 0) is 24.6 Å². The first-order chi connectivity index (χ1) is 8.06. The molecular weight excluding hydrogens is 299 g/mol. The van der Waals surface area contributed by atoms with E-state index in [1.807, 2.05) is 19.1 Å². The Bertz CT molecular complexity index is 525. The third kappa shape index (κ3) is 3.32. The Morgan fingerprint density at radius 2 is 2.00 bits per heavy atom. The standard InChI is InChI=1S/C11H9Cl3N2S/c1-6(12)11-16-15-10(17-11)5-7-2-3-8(13)9(14)4-7/h2-4,6H,5H2,1H3. The minimum Gasteiger partial charge on any atom is -0.143 e. The zero-order valence-corrected chi connectivity index (χ0v) is 12.0. The number of hydrogen-bond donors (Lipinski definition) is 0. The lowest BCUT2D eigenvalue weighted by Gasteiger charge is -2.00. The topological polar surface area (TPSA) is 25.8 Å². The molecule has 2 rings (SSSR count). The molecule has 0 N–H and O–H groups in total. The van der Waals surface area contributed by atoms with Crippen LogP contribution in [0.15, 0.2) is 18.2 Å². The Hall–Kier alpha value is -0.350. The lowest BCUT2D eigenvalue weighted by molar-refractivity contribution is 0.931. The predicted octanol–water partition coefficient (Wildman–Crippen LogP) is 4.74. The van der Waals surface area contributed by atoms with Gasteiger partial charge in [0.2, 0.25) is 0 Å². The van der Waals surface area contributed by atoms with Crippen LogP contribution in [0.5, 0.6) is 0 Å². The molecule has 0 spiro atoms. The molecule has 1 atom stereocenters. The van der Waals surface area contributed by atoms with Crippen molar-refractivity contribution >= 4 is 46.1 Å². The van der Waals surface area contributed by atoms with Gasteiger partial charge in [0.15, 0.2) is 0 Å². The van der Waals surface area contributed by atoms with Gasteiger partial charge in [-0.1, -0.05) is 40.6 Å². The van der Waals surface area contributed by atoms with E-state index in [2.05, 4.69) is 10.2 Å². The second-order valence-electron chi connectivity index (χ2n) is 3.58. The van der Waals surface area contributed by atoms with Crippen molar-refractivity contribution < 1.29 is 0 Å². The Balaban J connectivity index is 2.16. The second kappa shape index (κ2) is 5.53. The van der Waals surface area contributed by atoms with Gasteiger partial charge in [0.1, 0.15) is 10.0 Å². The highest BCUT2D eigenvalue weighted by Gasteiger charge is 2.10. The second-order valence-corrected chi connectivity index (χ2v) is 6.14. The van der Waals surface area contributed by atoms with E-state index < -0.39 is 0 Å². The molecule has 17 heavy (non-hydrogen) atoms. The van der Waals surface area contributed by atoms with E-state index in [0.717, 1.165) is 15.6 Å². The summed E-state index contributed by atoms with van der Waals surface area (Å²) in [6.45, 7) is 1.88. The molecule has 0 aliphatic rings. The smallest absolute Gasteiger partial charge is 0.135 e. The molecule has 0 radical (unpaired) electrons. The molecule has 2 nitrogen and oxygen atoms in total. The summed E-state index contributed by atoms with van der Waals surface area (Å²) < 4.78 is 0. The van der Waals surface area contributed by atoms with Crippen molar-refractivity contribution in [3.63, 3.8) is 0 Å². The monoisotopic (exact) mass is 306 g/mol. The summed E-state index contributed by atoms with van der Waals surface area (Å²) in [6.07, 6.45) is 0.693. The fraction of sp³-hybridized carbons (Fsp3) is 0.273. The number of benzene rings is 1. The first kappa shape index (κ1) is 13.1. The quantitative estimate of drug-likeness (QED) is 0.766. The molecular formula is C11H9Cl3N2S. The third-order valence-electron chi connectivity index (χ3n) is 2.16. The van der Waals surface area contributed by atoms with Gasteiger partial charge < -0.3 is 0 Å². The molecule has 0 aliphatic heterocycles. The van der Waals surface area contributed by atoms with Crippen molar-refractivity contribution in [2.75, 3.05) is 0 Å². The summed E-state index contributed by atoms with van der Waals surface area (Å²) >= 11 is 19.3. The molecule has 2 aromatic rings. The van der Waals surface area contributed by atoms with Gasteiger partial charge in [-0.25, -0.2) is 0 Å². The average molecular weight is 308 g/mol. The fourth-order valence-electron chi connectivity index (χ4n) is 1.32. The van der Waals surface area contributed by atoms with Crippen LogP contribution in [0.4, 0.5) is 0 Å². The number of rotatable bonds is 3. The van der Waals surface area contributed by atoms with E-state index in [1.165, 1.54) is 11.3 Å². The summed E-state index contributed by atoms with van der Waals surface area (Å²) in [5.41, 5.74) is 1.06. The minimum absolute atomic E-state index is 0.102. The van der Waals surface area contributed by atoms with Gasteiger partial charge in [-0.15, -0.1) is 21.8 Å². The van der Waals surface area contributed by atoms with Gasteiger partial charge >= 0.3 is 0 Å². The third-order valence-corrected chi connectivity index (χ3v) is 4.34. The SMILES string of the molecule is CC(Cl)c1nnc(Cc2ccc(Cl)c(Cl)c2)s1. The number of alkyl halides is 1. The van der Waals surface area contributed by atoms with Gasteiger partial charge in [0, 0.05) is 6.42 Å². The van der Waals surface area contributed by atoms with Crippen molar-refractivity contribution in [3.05, 3.63) is 43.8 Å². The molecule has 1 aromatic carbocycles. The van der Waals surface area contributed by atoms with Crippen LogP contribution >= 0.6 is 46.1 Å². The van der Waals surface area contributed by atoms with Crippen LogP contribution in [0, 0.1) is 0 Å². The molecule has 0 amide bonds. The van der Waals surface area contributed by atoms with E-state index in [9.17, 15) is 0 Å². The molecule has 0 saturated carbocycles.